The molecule has 0 radical (unpaired) electrons. The van der Waals surface area contributed by atoms with Gasteiger partial charge in [-0.05, 0) is 18.2 Å². The molecular formula is C11H7ClO3. The number of benzene rings is 1. The number of aldehydes is 1. The zero-order valence-electron chi connectivity index (χ0n) is 7.66. The van der Waals surface area contributed by atoms with E-state index in [2.05, 4.69) is 11.8 Å². The third-order valence-electron chi connectivity index (χ3n) is 1.53. The van der Waals surface area contributed by atoms with Gasteiger partial charge in [0.05, 0.1) is 0 Å². The van der Waals surface area contributed by atoms with Crippen molar-refractivity contribution in [2.75, 3.05) is 0 Å². The molecule has 1 aromatic carbocycles. The second-order valence-corrected chi connectivity index (χ2v) is 3.20. The van der Waals surface area contributed by atoms with E-state index < -0.39 is 5.97 Å². The summed E-state index contributed by atoms with van der Waals surface area (Å²) < 4.78 is 0. The summed E-state index contributed by atoms with van der Waals surface area (Å²) >= 11 is 5.73. The minimum Gasteiger partial charge on any atom is -0.481 e. The van der Waals surface area contributed by atoms with E-state index in [0.717, 1.165) is 0 Å². The van der Waals surface area contributed by atoms with E-state index in [4.69, 9.17) is 16.7 Å². The maximum atomic E-state index is 10.5. The highest BCUT2D eigenvalue weighted by Crippen LogP contribution is 2.13. The Morgan fingerprint density at radius 1 is 1.47 bits per heavy atom. The van der Waals surface area contributed by atoms with Crippen LogP contribution in [0.1, 0.15) is 22.3 Å². The number of hydrogen-bond donors (Lipinski definition) is 1. The van der Waals surface area contributed by atoms with Crippen LogP contribution in [-0.2, 0) is 4.79 Å². The number of aliphatic carboxylic acids is 1. The summed E-state index contributed by atoms with van der Waals surface area (Å²) in [6, 6.07) is 4.63. The second-order valence-electron chi connectivity index (χ2n) is 2.76. The first-order valence-corrected chi connectivity index (χ1v) is 4.46. The molecule has 0 aliphatic carbocycles. The second kappa shape index (κ2) is 5.18. The van der Waals surface area contributed by atoms with Crippen molar-refractivity contribution in [2.45, 2.75) is 6.42 Å². The number of hydrogen-bond acceptors (Lipinski definition) is 2. The number of carbonyl (C=O) groups excluding carboxylic acids is 1. The standard InChI is InChI=1S/C11H7ClO3/c12-10-5-8(2-1-3-11(14)15)4-9(6-10)7-13/h4-7H,3H2,(H,14,15). The molecule has 15 heavy (non-hydrogen) atoms. The summed E-state index contributed by atoms with van der Waals surface area (Å²) in [5.41, 5.74) is 0.952. The van der Waals surface area contributed by atoms with Crippen molar-refractivity contribution >= 4 is 23.9 Å². The number of rotatable bonds is 2. The van der Waals surface area contributed by atoms with Crippen LogP contribution in [0, 0.1) is 11.8 Å². The molecule has 3 nitrogen and oxygen atoms in total. The molecule has 0 unspecified atom stereocenters. The first-order valence-electron chi connectivity index (χ1n) is 4.08. The van der Waals surface area contributed by atoms with E-state index in [0.29, 0.717) is 22.4 Å². The molecule has 0 saturated carbocycles. The minimum absolute atomic E-state index is 0.233. The zero-order valence-corrected chi connectivity index (χ0v) is 8.41. The van der Waals surface area contributed by atoms with Crippen molar-refractivity contribution in [3.05, 3.63) is 34.3 Å². The Morgan fingerprint density at radius 3 is 2.80 bits per heavy atom. The number of carbonyl (C=O) groups is 2. The minimum atomic E-state index is -0.986. The van der Waals surface area contributed by atoms with Gasteiger partial charge in [0.2, 0.25) is 0 Å². The molecule has 0 spiro atoms. The zero-order chi connectivity index (χ0) is 11.3. The van der Waals surface area contributed by atoms with Crippen molar-refractivity contribution < 1.29 is 14.7 Å². The molecule has 0 amide bonds. The van der Waals surface area contributed by atoms with Gasteiger partial charge in [-0.2, -0.15) is 0 Å². The molecule has 0 saturated heterocycles. The molecule has 76 valence electrons. The molecule has 0 aromatic heterocycles. The molecular weight excluding hydrogens is 216 g/mol. The van der Waals surface area contributed by atoms with Gasteiger partial charge in [-0.25, -0.2) is 0 Å². The maximum Gasteiger partial charge on any atom is 0.315 e. The first kappa shape index (κ1) is 11.3. The summed E-state index contributed by atoms with van der Waals surface area (Å²) in [5.74, 6) is 4.09. The SMILES string of the molecule is O=Cc1cc(Cl)cc(C#CCC(=O)O)c1. The molecule has 0 fully saturated rings. The Labute approximate surface area is 91.7 Å². The Bertz CT molecular complexity index is 455. The van der Waals surface area contributed by atoms with Crippen molar-refractivity contribution in [2.24, 2.45) is 0 Å². The quantitative estimate of drug-likeness (QED) is 0.615. The Balaban J connectivity index is 2.92. The molecule has 1 N–H and O–H groups in total. The molecule has 0 aliphatic rings. The molecule has 1 aromatic rings. The highest BCUT2D eigenvalue weighted by Gasteiger charge is 1.96. The lowest BCUT2D eigenvalue weighted by Crippen LogP contribution is -1.90. The van der Waals surface area contributed by atoms with Gasteiger partial charge < -0.3 is 5.11 Å². The number of carboxylic acid groups (broad SMARTS) is 1. The molecule has 0 aliphatic heterocycles. The topological polar surface area (TPSA) is 54.4 Å². The number of carboxylic acids is 1. The van der Waals surface area contributed by atoms with E-state index in [-0.39, 0.29) is 6.42 Å². The van der Waals surface area contributed by atoms with Crippen molar-refractivity contribution in [3.8, 4) is 11.8 Å². The summed E-state index contributed by atoms with van der Waals surface area (Å²) in [6.45, 7) is 0. The van der Waals surface area contributed by atoms with E-state index >= 15 is 0 Å². The lowest BCUT2D eigenvalue weighted by molar-refractivity contribution is -0.135. The first-order chi connectivity index (χ1) is 7.11. The van der Waals surface area contributed by atoms with E-state index in [1.54, 1.807) is 12.1 Å². The smallest absolute Gasteiger partial charge is 0.315 e. The monoisotopic (exact) mass is 222 g/mol. The van der Waals surface area contributed by atoms with Crippen LogP contribution >= 0.6 is 11.6 Å². The van der Waals surface area contributed by atoms with Gasteiger partial charge in [-0.3, -0.25) is 9.59 Å². The molecule has 0 bridgehead atoms. The van der Waals surface area contributed by atoms with Gasteiger partial charge in [0.25, 0.3) is 0 Å². The lowest BCUT2D eigenvalue weighted by Gasteiger charge is -1.94. The van der Waals surface area contributed by atoms with Gasteiger partial charge in [0.15, 0.2) is 0 Å². The summed E-state index contributed by atoms with van der Waals surface area (Å²) in [5, 5.41) is 8.76. The third kappa shape index (κ3) is 3.84. The average Bonchev–Trinajstić information content (AvgIpc) is 2.16. The van der Waals surface area contributed by atoms with Crippen molar-refractivity contribution in [1.82, 2.24) is 0 Å². The molecule has 1 rings (SSSR count). The van der Waals surface area contributed by atoms with E-state index in [1.807, 2.05) is 0 Å². The van der Waals surface area contributed by atoms with Gasteiger partial charge >= 0.3 is 5.97 Å². The van der Waals surface area contributed by atoms with Gasteiger partial charge in [0, 0.05) is 16.1 Å². The van der Waals surface area contributed by atoms with Gasteiger partial charge in [-0.15, -0.1) is 0 Å². The van der Waals surface area contributed by atoms with E-state index in [9.17, 15) is 9.59 Å². The third-order valence-corrected chi connectivity index (χ3v) is 1.75. The Hall–Kier alpha value is -1.79. The summed E-state index contributed by atoms with van der Waals surface area (Å²) in [4.78, 5) is 20.7. The molecule has 0 heterocycles. The predicted molar refractivity (Wildman–Crippen MR) is 56.0 cm³/mol. The molecule has 4 heteroatoms. The van der Waals surface area contributed by atoms with Crippen LogP contribution in [0.4, 0.5) is 0 Å². The highest BCUT2D eigenvalue weighted by atomic mass is 35.5. The maximum absolute atomic E-state index is 10.5. The van der Waals surface area contributed by atoms with Crippen LogP contribution in [0.5, 0.6) is 0 Å². The summed E-state index contributed by atoms with van der Waals surface area (Å²) in [6.07, 6.45) is 0.428. The van der Waals surface area contributed by atoms with Crippen LogP contribution in [0.3, 0.4) is 0 Å². The largest absolute Gasteiger partial charge is 0.481 e. The number of halogens is 1. The van der Waals surface area contributed by atoms with Crippen LogP contribution in [0.15, 0.2) is 18.2 Å². The van der Waals surface area contributed by atoms with Crippen LogP contribution < -0.4 is 0 Å². The lowest BCUT2D eigenvalue weighted by atomic mass is 10.1. The normalized spacial score (nSPS) is 8.87. The van der Waals surface area contributed by atoms with Crippen molar-refractivity contribution in [1.29, 1.82) is 0 Å². The van der Waals surface area contributed by atoms with Crippen LogP contribution in [0.2, 0.25) is 5.02 Å². The van der Waals surface area contributed by atoms with Gasteiger partial charge in [-0.1, -0.05) is 23.4 Å². The van der Waals surface area contributed by atoms with Crippen LogP contribution in [-0.4, -0.2) is 17.4 Å². The molecule has 0 atom stereocenters. The highest BCUT2D eigenvalue weighted by molar-refractivity contribution is 6.31. The predicted octanol–water partition coefficient (Wildman–Crippen LogP) is 1.98. The average molecular weight is 223 g/mol. The van der Waals surface area contributed by atoms with E-state index in [1.165, 1.54) is 6.07 Å². The Morgan fingerprint density at radius 2 is 2.20 bits per heavy atom. The fourth-order valence-corrected chi connectivity index (χ4v) is 1.22. The fourth-order valence-electron chi connectivity index (χ4n) is 0.974. The van der Waals surface area contributed by atoms with Gasteiger partial charge in [0.1, 0.15) is 12.7 Å². The Kier molecular flexibility index (Phi) is 3.90. The fraction of sp³-hybridized carbons (Fsp3) is 0.0909. The summed E-state index contributed by atoms with van der Waals surface area (Å²) in [7, 11) is 0. The van der Waals surface area contributed by atoms with Crippen LogP contribution in [0.25, 0.3) is 0 Å². The van der Waals surface area contributed by atoms with Crippen molar-refractivity contribution in [3.63, 3.8) is 0 Å².